The molecule has 7 atom stereocenters. The summed E-state index contributed by atoms with van der Waals surface area (Å²) in [5.74, 6) is 1.07. The zero-order valence-corrected chi connectivity index (χ0v) is 30.6. The van der Waals surface area contributed by atoms with Crippen LogP contribution in [0, 0.1) is 51.4 Å². The average molecular weight is 659 g/mol. The van der Waals surface area contributed by atoms with E-state index in [-0.39, 0.29) is 51.3 Å². The van der Waals surface area contributed by atoms with Gasteiger partial charge in [0, 0.05) is 29.7 Å². The number of ketones is 2. The van der Waals surface area contributed by atoms with Gasteiger partial charge in [-0.15, -0.1) is 0 Å². The molecule has 1 amide bonds. The number of amides is 1. The van der Waals surface area contributed by atoms with E-state index in [1.165, 1.54) is 0 Å². The fourth-order valence-electron chi connectivity index (χ4n) is 11.1. The summed E-state index contributed by atoms with van der Waals surface area (Å²) in [5, 5.41) is 7.14. The van der Waals surface area contributed by atoms with E-state index < -0.39 is 27.9 Å². The third-order valence-corrected chi connectivity index (χ3v) is 13.8. The zero-order valence-electron chi connectivity index (χ0n) is 30.6. The van der Waals surface area contributed by atoms with Gasteiger partial charge in [0.05, 0.1) is 12.0 Å². The van der Waals surface area contributed by atoms with E-state index in [4.69, 9.17) is 20.8 Å². The van der Waals surface area contributed by atoms with Crippen LogP contribution in [-0.4, -0.2) is 39.9 Å². The molecule has 6 rings (SSSR count). The molecule has 0 saturated heterocycles. The van der Waals surface area contributed by atoms with Crippen LogP contribution in [0.2, 0.25) is 0 Å². The van der Waals surface area contributed by atoms with E-state index in [2.05, 4.69) is 49.9 Å². The molecule has 3 fully saturated rings. The number of alkyl carbamates (subject to hydrolysis) is 1. The Kier molecular flexibility index (Phi) is 7.82. The van der Waals surface area contributed by atoms with Crippen molar-refractivity contribution in [3.05, 3.63) is 46.6 Å². The molecule has 0 unspecified atom stereocenters. The lowest BCUT2D eigenvalue weighted by Crippen LogP contribution is -2.65. The molecule has 9 nitrogen and oxygen atoms in total. The summed E-state index contributed by atoms with van der Waals surface area (Å²) in [6.07, 6.45) is 10.0. The molecule has 0 radical (unpaired) electrons. The second-order valence-corrected chi connectivity index (χ2v) is 18.6. The van der Waals surface area contributed by atoms with Gasteiger partial charge in [-0.2, -0.15) is 4.98 Å². The summed E-state index contributed by atoms with van der Waals surface area (Å²) in [6.45, 7) is 29.1. The number of fused-ring (bicyclic) bond motifs is 7. The molecule has 9 heteroatoms. The number of aromatic nitrogens is 2. The molecule has 3 saturated carbocycles. The van der Waals surface area contributed by atoms with E-state index in [0.29, 0.717) is 24.7 Å². The summed E-state index contributed by atoms with van der Waals surface area (Å²) in [7, 11) is 0. The number of nitrogens with one attached hydrogen (secondary N) is 1. The molecule has 0 aliphatic heterocycles. The first-order valence-electron chi connectivity index (χ1n) is 17.9. The molecule has 1 N–H and O–H groups in total. The van der Waals surface area contributed by atoms with Gasteiger partial charge >= 0.3 is 6.09 Å². The first-order chi connectivity index (χ1) is 22.1. The molecule has 1 aromatic heterocycles. The van der Waals surface area contributed by atoms with Crippen LogP contribution in [0.4, 0.5) is 4.79 Å². The monoisotopic (exact) mass is 658 g/mol. The van der Waals surface area contributed by atoms with Crippen LogP contribution in [0.3, 0.4) is 0 Å². The smallest absolute Gasteiger partial charge is 0.407 e. The molecule has 260 valence electrons. The first-order valence-corrected chi connectivity index (χ1v) is 17.9. The Bertz CT molecular complexity index is 1650. The van der Waals surface area contributed by atoms with E-state index >= 15 is 0 Å². The maximum Gasteiger partial charge on any atom is 0.407 e. The van der Waals surface area contributed by atoms with Crippen molar-refractivity contribution < 1.29 is 23.6 Å². The van der Waals surface area contributed by atoms with Crippen molar-refractivity contribution in [2.24, 2.45) is 44.8 Å². The lowest BCUT2D eigenvalue weighted by atomic mass is 9.34. The largest absolute Gasteiger partial charge is 0.444 e. The zero-order chi connectivity index (χ0) is 35.3. The fourth-order valence-corrected chi connectivity index (χ4v) is 11.1. The predicted octanol–water partition coefficient (Wildman–Crippen LogP) is 7.96. The lowest BCUT2D eigenvalue weighted by molar-refractivity contribution is -0.161. The van der Waals surface area contributed by atoms with Crippen molar-refractivity contribution in [1.82, 2.24) is 15.5 Å². The SMILES string of the molecule is [C-]#[N+]C1=C[C@]2(C)C3=CC(=O)[C@@H]4[C@@H]5CC(C)(C)CC[C@]5(c5nc(CCNC(=O)OC(C)(C)C)no5)CC[C@@]4(C)[C@]3(C)CC[C@H]2C(C)(C)C1=O. The first kappa shape index (κ1) is 34.6. The number of hydrogen-bond acceptors (Lipinski definition) is 7. The number of Topliss-reactive ketones (excluding diaryl/α,β-unsaturated/α-hetero) is 1. The maximum absolute atomic E-state index is 14.8. The number of carbonyl (C=O) groups excluding carboxylic acids is 3. The van der Waals surface area contributed by atoms with Crippen molar-refractivity contribution in [1.29, 1.82) is 0 Å². The van der Waals surface area contributed by atoms with Crippen molar-refractivity contribution in [2.45, 2.75) is 132 Å². The minimum atomic E-state index is -0.681. The molecule has 1 aromatic rings. The van der Waals surface area contributed by atoms with Crippen LogP contribution in [-0.2, 0) is 26.2 Å². The van der Waals surface area contributed by atoms with Gasteiger partial charge in [0.1, 0.15) is 5.60 Å². The van der Waals surface area contributed by atoms with E-state index in [9.17, 15) is 14.4 Å². The number of rotatable bonds is 4. The maximum atomic E-state index is 14.8. The Balaban J connectivity index is 1.37. The standard InChI is InChI=1S/C39H54N4O5/c1-33(2,3)47-32(46)41-19-13-28-42-31(48-43-28)39-17-15-34(4,5)21-23(39)29-25(44)20-27-36(8)22-24(40-11)30(45)35(6,7)26(36)12-14-37(27,9)38(29,10)16-18-39/h20,22-23,26,29H,12-19,21H2,1-10H3,(H,41,46)/t23-,26-,29-,36-,37+,38+,39-/m0/s1. The number of hydrogen-bond donors (Lipinski definition) is 1. The van der Waals surface area contributed by atoms with Crippen molar-refractivity contribution >= 4 is 17.7 Å². The van der Waals surface area contributed by atoms with Gasteiger partial charge < -0.3 is 19.4 Å². The highest BCUT2D eigenvalue weighted by molar-refractivity contribution is 6.03. The number of allylic oxidation sites excluding steroid dienone is 4. The highest BCUT2D eigenvalue weighted by Gasteiger charge is 2.70. The van der Waals surface area contributed by atoms with Gasteiger partial charge in [-0.05, 0) is 99.9 Å². The van der Waals surface area contributed by atoms with Crippen LogP contribution in [0.25, 0.3) is 4.85 Å². The second-order valence-electron chi connectivity index (χ2n) is 18.6. The average Bonchev–Trinajstić information content (AvgIpc) is 3.44. The fraction of sp³-hybridized carbons (Fsp3) is 0.744. The summed E-state index contributed by atoms with van der Waals surface area (Å²) in [4.78, 5) is 49.0. The van der Waals surface area contributed by atoms with Crippen molar-refractivity contribution in [3.63, 3.8) is 0 Å². The quantitative estimate of drug-likeness (QED) is 0.326. The molecule has 0 bridgehead atoms. The summed E-state index contributed by atoms with van der Waals surface area (Å²) < 4.78 is 11.5. The van der Waals surface area contributed by atoms with Crippen LogP contribution < -0.4 is 5.32 Å². The predicted molar refractivity (Wildman–Crippen MR) is 181 cm³/mol. The molecule has 0 spiro atoms. The van der Waals surface area contributed by atoms with Gasteiger partial charge in [-0.1, -0.05) is 65.3 Å². The summed E-state index contributed by atoms with van der Waals surface area (Å²) in [5.41, 5.74) is -1.44. The number of carbonyl (C=O) groups is 3. The van der Waals surface area contributed by atoms with Gasteiger partial charge in [-0.3, -0.25) is 4.79 Å². The minimum Gasteiger partial charge on any atom is -0.444 e. The number of nitrogens with zero attached hydrogens (tertiary/aromatic N) is 3. The molecule has 0 aromatic carbocycles. The minimum absolute atomic E-state index is 0.0215. The molecule has 1 heterocycles. The third kappa shape index (κ3) is 5.02. The van der Waals surface area contributed by atoms with Crippen LogP contribution in [0.5, 0.6) is 0 Å². The highest BCUT2D eigenvalue weighted by Crippen LogP contribution is 2.74. The molecule has 5 aliphatic rings. The number of ether oxygens (including phenoxy) is 1. The van der Waals surface area contributed by atoms with Gasteiger partial charge in [0.2, 0.25) is 11.6 Å². The van der Waals surface area contributed by atoms with E-state index in [1.807, 2.05) is 46.8 Å². The Morgan fingerprint density at radius 3 is 2.42 bits per heavy atom. The molecule has 5 aliphatic carbocycles. The van der Waals surface area contributed by atoms with Crippen LogP contribution >= 0.6 is 0 Å². The van der Waals surface area contributed by atoms with Crippen LogP contribution in [0.1, 0.15) is 126 Å². The Morgan fingerprint density at radius 2 is 1.75 bits per heavy atom. The topological polar surface area (TPSA) is 116 Å². The lowest BCUT2D eigenvalue weighted by Gasteiger charge is -2.69. The molecular formula is C39H54N4O5. The van der Waals surface area contributed by atoms with Crippen molar-refractivity contribution in [3.8, 4) is 0 Å². The Labute approximate surface area is 285 Å². The van der Waals surface area contributed by atoms with Gasteiger partial charge in [0.25, 0.3) is 0 Å². The summed E-state index contributed by atoms with van der Waals surface area (Å²) >= 11 is 0. The van der Waals surface area contributed by atoms with Gasteiger partial charge in [0.15, 0.2) is 17.4 Å². The normalized spacial score (nSPS) is 38.2. The highest BCUT2D eigenvalue weighted by atomic mass is 16.6. The third-order valence-electron chi connectivity index (χ3n) is 13.8. The molecular weight excluding hydrogens is 604 g/mol. The second kappa shape index (κ2) is 10.9. The summed E-state index contributed by atoms with van der Waals surface area (Å²) in [6, 6.07) is 0. The van der Waals surface area contributed by atoms with Gasteiger partial charge in [-0.25, -0.2) is 9.64 Å². The Morgan fingerprint density at radius 1 is 1.06 bits per heavy atom. The van der Waals surface area contributed by atoms with Crippen molar-refractivity contribution in [2.75, 3.05) is 6.54 Å². The van der Waals surface area contributed by atoms with Crippen LogP contribution in [0.15, 0.2) is 27.9 Å². The van der Waals surface area contributed by atoms with E-state index in [0.717, 1.165) is 50.5 Å². The molecule has 48 heavy (non-hydrogen) atoms. The van der Waals surface area contributed by atoms with E-state index in [1.54, 1.807) is 0 Å². The Hall–Kier alpha value is -3.28.